The van der Waals surface area contributed by atoms with Crippen molar-refractivity contribution in [2.45, 2.75) is 30.4 Å². The van der Waals surface area contributed by atoms with Crippen molar-refractivity contribution in [3.05, 3.63) is 130 Å². The number of thioether (sulfide) groups is 2. The minimum Gasteiger partial charge on any atom is -0.155 e. The van der Waals surface area contributed by atoms with Crippen LogP contribution in [0, 0.1) is 13.8 Å². The van der Waals surface area contributed by atoms with Gasteiger partial charge in [-0.15, -0.1) is 11.8 Å². The van der Waals surface area contributed by atoms with Crippen LogP contribution in [-0.2, 0) is 0 Å². The van der Waals surface area contributed by atoms with E-state index in [9.17, 15) is 0 Å². The summed E-state index contributed by atoms with van der Waals surface area (Å²) in [6.45, 7) is 4.31. The van der Waals surface area contributed by atoms with Crippen LogP contribution in [0.2, 0.25) is 0 Å². The highest BCUT2D eigenvalue weighted by Gasteiger charge is 2.46. The molecule has 4 aliphatic rings. The first-order valence-electron chi connectivity index (χ1n) is 12.4. The lowest BCUT2D eigenvalue weighted by Crippen LogP contribution is -2.34. The fourth-order valence-corrected chi connectivity index (χ4v) is 7.78. The molecule has 2 heterocycles. The minimum atomic E-state index is 0.322. The Kier molecular flexibility index (Phi) is 5.26. The number of hydrogen-bond acceptors (Lipinski definition) is 2. The molecule has 0 N–H and O–H groups in total. The van der Waals surface area contributed by atoms with Gasteiger partial charge in [0.05, 0.1) is 16.2 Å². The highest BCUT2D eigenvalue weighted by Crippen LogP contribution is 2.51. The molecule has 2 aliphatic carbocycles. The zero-order chi connectivity index (χ0) is 24.2. The van der Waals surface area contributed by atoms with Crippen LogP contribution in [0.25, 0.3) is 0 Å². The van der Waals surface area contributed by atoms with Crippen molar-refractivity contribution in [3.8, 4) is 0 Å². The number of nitrogens with zero attached hydrogens (tertiary/aromatic N) is 2. The Labute approximate surface area is 220 Å². The molecule has 0 aromatic heterocycles. The molecule has 2 aliphatic heterocycles. The molecule has 4 heteroatoms. The van der Waals surface area contributed by atoms with E-state index in [1.54, 1.807) is 0 Å². The summed E-state index contributed by atoms with van der Waals surface area (Å²) in [5, 5.41) is 0.322. The van der Waals surface area contributed by atoms with Gasteiger partial charge in [0.15, 0.2) is 4.91 Å². The molecular formula is C32H26N2S2+2. The summed E-state index contributed by atoms with van der Waals surface area (Å²) in [4.78, 5) is 4.03. The van der Waals surface area contributed by atoms with Crippen molar-refractivity contribution in [1.82, 2.24) is 4.58 Å². The van der Waals surface area contributed by atoms with E-state index in [0.29, 0.717) is 5.25 Å². The van der Waals surface area contributed by atoms with E-state index in [4.69, 9.17) is 0 Å². The SMILES string of the molecule is Cc1ccc([N+]2=C3C=CC=CC3SC3=CCC4=[N+](c5ccc(C)cc5)c5ccccc5SC4=C32)cc1. The highest BCUT2D eigenvalue weighted by atomic mass is 32.2. The normalized spacial score (nSPS) is 20.1. The van der Waals surface area contributed by atoms with Gasteiger partial charge in [-0.25, -0.2) is 0 Å². The second-order valence-corrected chi connectivity index (χ2v) is 11.8. The largest absolute Gasteiger partial charge is 0.245 e. The first-order valence-corrected chi connectivity index (χ1v) is 14.1. The zero-order valence-electron chi connectivity index (χ0n) is 20.3. The molecule has 0 radical (unpaired) electrons. The van der Waals surface area contributed by atoms with E-state index in [-0.39, 0.29) is 0 Å². The summed E-state index contributed by atoms with van der Waals surface area (Å²) >= 11 is 3.90. The summed E-state index contributed by atoms with van der Waals surface area (Å²) in [6, 6.07) is 26.7. The van der Waals surface area contributed by atoms with Gasteiger partial charge in [-0.2, -0.15) is 9.15 Å². The van der Waals surface area contributed by atoms with Crippen molar-refractivity contribution >= 4 is 52.0 Å². The average molecular weight is 503 g/mol. The molecule has 3 aromatic rings. The Balaban J connectivity index is 1.54. The average Bonchev–Trinajstić information content (AvgIpc) is 2.91. The number of benzene rings is 3. The topological polar surface area (TPSA) is 6.02 Å². The van der Waals surface area contributed by atoms with Gasteiger partial charge in [-0.05, 0) is 19.9 Å². The summed E-state index contributed by atoms with van der Waals surface area (Å²) in [5.74, 6) is 0. The predicted octanol–water partition coefficient (Wildman–Crippen LogP) is 8.21. The van der Waals surface area contributed by atoms with Crippen molar-refractivity contribution in [3.63, 3.8) is 0 Å². The van der Waals surface area contributed by atoms with Crippen LogP contribution in [0.15, 0.2) is 124 Å². The first kappa shape index (κ1) is 21.9. The van der Waals surface area contributed by atoms with Gasteiger partial charge in [0.25, 0.3) is 0 Å². The molecule has 1 unspecified atom stereocenters. The summed E-state index contributed by atoms with van der Waals surface area (Å²) in [6.07, 6.45) is 12.3. The minimum absolute atomic E-state index is 0.322. The number of fused-ring (bicyclic) bond motifs is 4. The van der Waals surface area contributed by atoms with Gasteiger partial charge >= 0.3 is 0 Å². The van der Waals surface area contributed by atoms with Gasteiger partial charge in [-0.1, -0.05) is 83.6 Å². The lowest BCUT2D eigenvalue weighted by atomic mass is 10.0. The van der Waals surface area contributed by atoms with Crippen LogP contribution in [0.4, 0.5) is 17.1 Å². The van der Waals surface area contributed by atoms with Crippen molar-refractivity contribution in [2.75, 3.05) is 0 Å². The molecule has 0 fully saturated rings. The van der Waals surface area contributed by atoms with Crippen molar-refractivity contribution in [2.24, 2.45) is 0 Å². The molecule has 36 heavy (non-hydrogen) atoms. The lowest BCUT2D eigenvalue weighted by molar-refractivity contribution is -0.379. The predicted molar refractivity (Wildman–Crippen MR) is 155 cm³/mol. The van der Waals surface area contributed by atoms with Crippen LogP contribution in [0.5, 0.6) is 0 Å². The van der Waals surface area contributed by atoms with E-state index in [2.05, 4.69) is 126 Å². The second-order valence-electron chi connectivity index (χ2n) is 9.52. The number of rotatable bonds is 2. The van der Waals surface area contributed by atoms with Crippen molar-refractivity contribution < 1.29 is 4.58 Å². The van der Waals surface area contributed by atoms with Crippen LogP contribution >= 0.6 is 23.5 Å². The smallest absolute Gasteiger partial charge is 0.155 e. The third-order valence-corrected chi connectivity index (χ3v) is 9.52. The molecule has 0 amide bonds. The van der Waals surface area contributed by atoms with E-state index >= 15 is 0 Å². The van der Waals surface area contributed by atoms with Crippen LogP contribution in [0.3, 0.4) is 0 Å². The standard InChI is InChI=1S/C32H26N2S2/c1-21-11-15-23(16-12-21)33-25-7-3-6-10-29(25)36-32-27(33)19-20-30-31(32)34(24-17-13-22(2)14-18-24)26-8-4-5-9-28(26)35-30/h3-18,20,28H,19H2,1-2H3/q+2. The van der Waals surface area contributed by atoms with Crippen molar-refractivity contribution in [1.29, 1.82) is 0 Å². The molecule has 2 nitrogen and oxygen atoms in total. The lowest BCUT2D eigenvalue weighted by Gasteiger charge is -2.29. The molecule has 3 aromatic carbocycles. The molecule has 7 rings (SSSR count). The van der Waals surface area contributed by atoms with Crippen LogP contribution < -0.4 is 4.58 Å². The summed E-state index contributed by atoms with van der Waals surface area (Å²) in [7, 11) is 0. The maximum atomic E-state index is 2.51. The maximum absolute atomic E-state index is 2.51. The van der Waals surface area contributed by atoms with Gasteiger partial charge in [0.2, 0.25) is 34.2 Å². The van der Waals surface area contributed by atoms with Crippen LogP contribution in [0.1, 0.15) is 17.5 Å². The molecule has 0 saturated carbocycles. The molecular weight excluding hydrogens is 477 g/mol. The Morgan fingerprint density at radius 3 is 2.22 bits per heavy atom. The summed E-state index contributed by atoms with van der Waals surface area (Å²) in [5.41, 5.74) is 10.3. The number of para-hydroxylation sites is 1. The molecule has 0 spiro atoms. The zero-order valence-corrected chi connectivity index (χ0v) is 21.9. The van der Waals surface area contributed by atoms with E-state index < -0.39 is 0 Å². The van der Waals surface area contributed by atoms with E-state index in [0.717, 1.165) is 6.42 Å². The van der Waals surface area contributed by atoms with Gasteiger partial charge in [-0.3, -0.25) is 0 Å². The molecule has 0 saturated heterocycles. The monoisotopic (exact) mass is 502 g/mol. The molecule has 174 valence electrons. The fourth-order valence-electron chi connectivity index (χ4n) is 5.27. The fraction of sp³-hybridized carbons (Fsp3) is 0.125. The number of hydrogen-bond donors (Lipinski definition) is 0. The number of allylic oxidation sites excluding steroid dienone is 5. The van der Waals surface area contributed by atoms with Gasteiger partial charge in [0.1, 0.15) is 5.25 Å². The first-order chi connectivity index (χ1) is 17.7. The quantitative estimate of drug-likeness (QED) is 0.326. The summed E-state index contributed by atoms with van der Waals surface area (Å²) < 4.78 is 4.99. The Bertz CT molecular complexity index is 1600. The highest BCUT2D eigenvalue weighted by molar-refractivity contribution is 8.05. The molecule has 1 atom stereocenters. The second kappa shape index (κ2) is 8.65. The van der Waals surface area contributed by atoms with E-state index in [1.165, 1.54) is 60.0 Å². The third kappa shape index (κ3) is 3.51. The Hall–Kier alpha value is -3.34. The van der Waals surface area contributed by atoms with Crippen LogP contribution in [-0.4, -0.2) is 21.2 Å². The van der Waals surface area contributed by atoms with Gasteiger partial charge in [0, 0.05) is 36.4 Å². The van der Waals surface area contributed by atoms with E-state index in [1.807, 2.05) is 23.5 Å². The molecule has 0 bridgehead atoms. The maximum Gasteiger partial charge on any atom is 0.245 e. The third-order valence-electron chi connectivity index (χ3n) is 7.06. The Morgan fingerprint density at radius 1 is 0.778 bits per heavy atom. The number of aryl methyl sites for hydroxylation is 2. The Morgan fingerprint density at radius 2 is 1.47 bits per heavy atom. The van der Waals surface area contributed by atoms with Gasteiger partial charge < -0.3 is 0 Å².